The van der Waals surface area contributed by atoms with Gasteiger partial charge in [-0.15, -0.1) is 0 Å². The fraction of sp³-hybridized carbons (Fsp3) is 0.467. The molecule has 2 aliphatic heterocycles. The van der Waals surface area contributed by atoms with E-state index in [0.29, 0.717) is 32.0 Å². The van der Waals surface area contributed by atoms with Gasteiger partial charge < -0.3 is 4.74 Å². The van der Waals surface area contributed by atoms with Crippen LogP contribution in [0.25, 0.3) is 0 Å². The molecule has 2 fully saturated rings. The molecule has 2 heterocycles. The fourth-order valence-corrected chi connectivity index (χ4v) is 2.83. The average molecular weight is 274 g/mol. The van der Waals surface area contributed by atoms with E-state index in [9.17, 15) is 9.59 Å². The van der Waals surface area contributed by atoms with Crippen LogP contribution in [0.3, 0.4) is 0 Å². The first-order chi connectivity index (χ1) is 9.66. The highest BCUT2D eigenvalue weighted by atomic mass is 16.5. The number of ether oxygens (including phenoxy) is 1. The van der Waals surface area contributed by atoms with Crippen molar-refractivity contribution in [2.75, 3.05) is 31.2 Å². The Morgan fingerprint density at radius 3 is 2.65 bits per heavy atom. The zero-order valence-corrected chi connectivity index (χ0v) is 11.5. The van der Waals surface area contributed by atoms with Crippen molar-refractivity contribution in [3.63, 3.8) is 0 Å². The number of carbonyl (C=O) groups excluding carboxylic acids is 2. The summed E-state index contributed by atoms with van der Waals surface area (Å²) in [5.41, 5.74) is 1.72. The standard InChI is InChI=1S/C15H18N2O3/c1-11-3-2-4-12(9-11)17-14(18)10-13(15(17)19)16-5-7-20-8-6-16/h2-4,9,13H,5-8,10H2,1H3/t13-/m1/s1. The first kappa shape index (κ1) is 13.3. The number of amides is 2. The Morgan fingerprint density at radius 2 is 1.95 bits per heavy atom. The van der Waals surface area contributed by atoms with Crippen LogP contribution in [0, 0.1) is 6.92 Å². The smallest absolute Gasteiger partial charge is 0.251 e. The molecular formula is C15H18N2O3. The van der Waals surface area contributed by atoms with Gasteiger partial charge in [-0.3, -0.25) is 14.5 Å². The van der Waals surface area contributed by atoms with Gasteiger partial charge in [-0.05, 0) is 24.6 Å². The molecule has 1 atom stereocenters. The molecule has 0 aromatic heterocycles. The molecule has 3 rings (SSSR count). The summed E-state index contributed by atoms with van der Waals surface area (Å²) in [6.07, 6.45) is 0.271. The van der Waals surface area contributed by atoms with E-state index >= 15 is 0 Å². The van der Waals surface area contributed by atoms with Gasteiger partial charge in [-0.25, -0.2) is 4.90 Å². The van der Waals surface area contributed by atoms with Crippen molar-refractivity contribution in [1.82, 2.24) is 4.90 Å². The first-order valence-electron chi connectivity index (χ1n) is 6.92. The minimum Gasteiger partial charge on any atom is -0.379 e. The van der Waals surface area contributed by atoms with Crippen molar-refractivity contribution in [2.45, 2.75) is 19.4 Å². The van der Waals surface area contributed by atoms with Crippen molar-refractivity contribution in [2.24, 2.45) is 0 Å². The Morgan fingerprint density at radius 1 is 1.20 bits per heavy atom. The van der Waals surface area contributed by atoms with E-state index in [1.54, 1.807) is 0 Å². The van der Waals surface area contributed by atoms with E-state index in [4.69, 9.17) is 4.74 Å². The van der Waals surface area contributed by atoms with Gasteiger partial charge in [0.25, 0.3) is 5.91 Å². The van der Waals surface area contributed by atoms with Crippen LogP contribution in [0.15, 0.2) is 24.3 Å². The molecule has 0 unspecified atom stereocenters. The third kappa shape index (κ3) is 2.34. The quantitative estimate of drug-likeness (QED) is 0.754. The normalized spacial score (nSPS) is 24.4. The summed E-state index contributed by atoms with van der Waals surface area (Å²) in [7, 11) is 0. The first-order valence-corrected chi connectivity index (χ1v) is 6.92. The SMILES string of the molecule is Cc1cccc(N2C(=O)C[C@@H](N3CCOCC3)C2=O)c1. The van der Waals surface area contributed by atoms with Crippen LogP contribution in [0.5, 0.6) is 0 Å². The molecule has 1 aromatic carbocycles. The third-order valence-corrected chi connectivity index (χ3v) is 3.87. The van der Waals surface area contributed by atoms with E-state index in [1.807, 2.05) is 31.2 Å². The second kappa shape index (κ2) is 5.34. The van der Waals surface area contributed by atoms with Gasteiger partial charge in [0, 0.05) is 13.1 Å². The lowest BCUT2D eigenvalue weighted by molar-refractivity contribution is -0.123. The lowest BCUT2D eigenvalue weighted by Gasteiger charge is -2.30. The molecule has 0 aliphatic carbocycles. The number of aryl methyl sites for hydroxylation is 1. The molecule has 5 nitrogen and oxygen atoms in total. The summed E-state index contributed by atoms with van der Waals surface area (Å²) in [5.74, 6) is -0.223. The predicted octanol–water partition coefficient (Wildman–Crippen LogP) is 0.959. The number of hydrogen-bond acceptors (Lipinski definition) is 4. The summed E-state index contributed by atoms with van der Waals surface area (Å²) >= 11 is 0. The fourth-order valence-electron chi connectivity index (χ4n) is 2.83. The van der Waals surface area contributed by atoms with Crippen LogP contribution < -0.4 is 4.90 Å². The Hall–Kier alpha value is -1.72. The summed E-state index contributed by atoms with van der Waals surface area (Å²) in [5, 5.41) is 0. The number of nitrogens with zero attached hydrogens (tertiary/aromatic N) is 2. The minimum atomic E-state index is -0.327. The van der Waals surface area contributed by atoms with Gasteiger partial charge >= 0.3 is 0 Å². The van der Waals surface area contributed by atoms with Crippen LogP contribution in [-0.4, -0.2) is 49.1 Å². The van der Waals surface area contributed by atoms with Gasteiger partial charge in [-0.2, -0.15) is 0 Å². The lowest BCUT2D eigenvalue weighted by atomic mass is 10.2. The Balaban J connectivity index is 1.83. The highest BCUT2D eigenvalue weighted by Gasteiger charge is 2.42. The maximum Gasteiger partial charge on any atom is 0.251 e. The molecule has 0 N–H and O–H groups in total. The van der Waals surface area contributed by atoms with Gasteiger partial charge in [-0.1, -0.05) is 12.1 Å². The number of morpholine rings is 1. The van der Waals surface area contributed by atoms with Gasteiger partial charge in [0.2, 0.25) is 5.91 Å². The molecule has 0 radical (unpaired) electrons. The molecule has 2 amide bonds. The molecule has 1 aromatic rings. The molecule has 106 valence electrons. The van der Waals surface area contributed by atoms with Crippen molar-refractivity contribution in [1.29, 1.82) is 0 Å². The molecule has 0 bridgehead atoms. The van der Waals surface area contributed by atoms with Crippen LogP contribution >= 0.6 is 0 Å². The Labute approximate surface area is 118 Å². The summed E-state index contributed by atoms with van der Waals surface area (Å²) in [6, 6.07) is 7.18. The summed E-state index contributed by atoms with van der Waals surface area (Å²) < 4.78 is 5.30. The number of rotatable bonds is 2. The van der Waals surface area contributed by atoms with Crippen LogP contribution in [0.2, 0.25) is 0 Å². The number of anilines is 1. The van der Waals surface area contributed by atoms with Crippen molar-refractivity contribution in [3.8, 4) is 0 Å². The zero-order valence-electron chi connectivity index (χ0n) is 11.5. The van der Waals surface area contributed by atoms with Crippen molar-refractivity contribution < 1.29 is 14.3 Å². The molecular weight excluding hydrogens is 256 g/mol. The van der Waals surface area contributed by atoms with Crippen molar-refractivity contribution >= 4 is 17.5 Å². The van der Waals surface area contributed by atoms with E-state index in [0.717, 1.165) is 5.56 Å². The van der Waals surface area contributed by atoms with Crippen LogP contribution in [0.4, 0.5) is 5.69 Å². The highest BCUT2D eigenvalue weighted by Crippen LogP contribution is 2.26. The average Bonchev–Trinajstić information content (AvgIpc) is 2.75. The van der Waals surface area contributed by atoms with Gasteiger partial charge in [0.1, 0.15) is 0 Å². The van der Waals surface area contributed by atoms with Crippen LogP contribution in [-0.2, 0) is 14.3 Å². The zero-order chi connectivity index (χ0) is 14.1. The maximum atomic E-state index is 12.5. The van der Waals surface area contributed by atoms with E-state index in [-0.39, 0.29) is 24.3 Å². The summed E-state index contributed by atoms with van der Waals surface area (Å²) in [6.45, 7) is 4.63. The predicted molar refractivity (Wildman–Crippen MR) is 74.5 cm³/mol. The molecule has 20 heavy (non-hydrogen) atoms. The molecule has 2 aliphatic rings. The van der Waals surface area contributed by atoms with E-state index in [1.165, 1.54) is 4.90 Å². The van der Waals surface area contributed by atoms with E-state index in [2.05, 4.69) is 4.90 Å². The van der Waals surface area contributed by atoms with Crippen LogP contribution in [0.1, 0.15) is 12.0 Å². The largest absolute Gasteiger partial charge is 0.379 e. The monoisotopic (exact) mass is 274 g/mol. The van der Waals surface area contributed by atoms with E-state index < -0.39 is 0 Å². The van der Waals surface area contributed by atoms with Crippen molar-refractivity contribution in [3.05, 3.63) is 29.8 Å². The lowest BCUT2D eigenvalue weighted by Crippen LogP contribution is -2.47. The van der Waals surface area contributed by atoms with Gasteiger partial charge in [0.05, 0.1) is 31.4 Å². The maximum absolute atomic E-state index is 12.5. The highest BCUT2D eigenvalue weighted by molar-refractivity contribution is 6.22. The Bertz CT molecular complexity index is 538. The topological polar surface area (TPSA) is 49.9 Å². The van der Waals surface area contributed by atoms with Gasteiger partial charge in [0.15, 0.2) is 0 Å². The number of imide groups is 1. The number of hydrogen-bond donors (Lipinski definition) is 0. The number of carbonyl (C=O) groups is 2. The Kier molecular flexibility index (Phi) is 3.54. The molecule has 5 heteroatoms. The molecule has 2 saturated heterocycles. The third-order valence-electron chi connectivity index (χ3n) is 3.87. The molecule has 0 saturated carbocycles. The number of benzene rings is 1. The minimum absolute atomic E-state index is 0.109. The second-order valence-electron chi connectivity index (χ2n) is 5.27. The second-order valence-corrected chi connectivity index (χ2v) is 5.27. The molecule has 0 spiro atoms. The summed E-state index contributed by atoms with van der Waals surface area (Å²) in [4.78, 5) is 28.1.